The lowest BCUT2D eigenvalue weighted by molar-refractivity contribution is -0.137. The van der Waals surface area contributed by atoms with Crippen LogP contribution < -0.4 is 10.6 Å². The molecule has 0 radical (unpaired) electrons. The third kappa shape index (κ3) is 5.44. The summed E-state index contributed by atoms with van der Waals surface area (Å²) >= 11 is 3.20. The molecule has 1 atom stereocenters. The molecule has 152 valence electrons. The van der Waals surface area contributed by atoms with E-state index in [0.29, 0.717) is 23.1 Å². The van der Waals surface area contributed by atoms with Gasteiger partial charge < -0.3 is 10.6 Å². The Kier molecular flexibility index (Phi) is 6.36. The zero-order valence-corrected chi connectivity index (χ0v) is 17.3. The highest BCUT2D eigenvalue weighted by Gasteiger charge is 2.30. The molecule has 3 rings (SSSR count). The van der Waals surface area contributed by atoms with Crippen molar-refractivity contribution in [3.8, 4) is 11.3 Å². The summed E-state index contributed by atoms with van der Waals surface area (Å²) in [7, 11) is 0. The zero-order valence-electron chi connectivity index (χ0n) is 15.8. The monoisotopic (exact) mass is 465 g/mol. The van der Waals surface area contributed by atoms with Gasteiger partial charge in [-0.2, -0.15) is 18.2 Å². The SMILES string of the molecule is CC[C@H](C)Nc1nc(Nc2ccc(C(F)(F)F)cc2Br)cc(-c2cccnc2)n1. The first-order valence-corrected chi connectivity index (χ1v) is 9.75. The molecule has 0 aliphatic heterocycles. The number of pyridine rings is 1. The van der Waals surface area contributed by atoms with Crippen molar-refractivity contribution in [1.82, 2.24) is 15.0 Å². The highest BCUT2D eigenvalue weighted by molar-refractivity contribution is 9.10. The van der Waals surface area contributed by atoms with Gasteiger partial charge in [-0.3, -0.25) is 4.98 Å². The van der Waals surface area contributed by atoms with Gasteiger partial charge in [-0.1, -0.05) is 6.92 Å². The lowest BCUT2D eigenvalue weighted by Crippen LogP contribution is -2.16. The second-order valence-corrected chi connectivity index (χ2v) is 7.33. The van der Waals surface area contributed by atoms with E-state index in [9.17, 15) is 13.2 Å². The molecule has 2 heterocycles. The van der Waals surface area contributed by atoms with E-state index in [1.54, 1.807) is 24.5 Å². The van der Waals surface area contributed by atoms with E-state index in [1.807, 2.05) is 19.9 Å². The maximum Gasteiger partial charge on any atom is 0.416 e. The number of alkyl halides is 3. The van der Waals surface area contributed by atoms with E-state index < -0.39 is 11.7 Å². The fraction of sp³-hybridized carbons (Fsp3) is 0.250. The molecule has 0 fully saturated rings. The Morgan fingerprint density at radius 1 is 1.14 bits per heavy atom. The third-order valence-electron chi connectivity index (χ3n) is 4.23. The Morgan fingerprint density at radius 3 is 2.55 bits per heavy atom. The minimum atomic E-state index is -4.41. The quantitative estimate of drug-likeness (QED) is 0.448. The summed E-state index contributed by atoms with van der Waals surface area (Å²) in [5.41, 5.74) is 1.18. The van der Waals surface area contributed by atoms with E-state index in [1.165, 1.54) is 6.07 Å². The molecule has 2 aromatic heterocycles. The number of nitrogens with zero attached hydrogens (tertiary/aromatic N) is 3. The molecule has 0 aliphatic carbocycles. The van der Waals surface area contributed by atoms with E-state index in [0.717, 1.165) is 24.1 Å². The van der Waals surface area contributed by atoms with Gasteiger partial charge in [-0.05, 0) is 59.6 Å². The standard InChI is InChI=1S/C20H19BrF3N5/c1-3-12(2)26-19-28-17(13-5-4-8-25-11-13)10-18(29-19)27-16-7-6-14(9-15(16)21)20(22,23)24/h4-12H,3H2,1-2H3,(H2,26,27,28,29)/t12-/m0/s1. The number of benzene rings is 1. The number of aromatic nitrogens is 3. The van der Waals surface area contributed by atoms with Gasteiger partial charge in [-0.25, -0.2) is 4.98 Å². The van der Waals surface area contributed by atoms with Crippen LogP contribution in [-0.2, 0) is 6.18 Å². The van der Waals surface area contributed by atoms with Gasteiger partial charge in [0.15, 0.2) is 0 Å². The van der Waals surface area contributed by atoms with Crippen molar-refractivity contribution < 1.29 is 13.2 Å². The minimum Gasteiger partial charge on any atom is -0.352 e. The molecule has 0 saturated heterocycles. The molecule has 0 unspecified atom stereocenters. The van der Waals surface area contributed by atoms with Crippen LogP contribution >= 0.6 is 15.9 Å². The second kappa shape index (κ2) is 8.77. The van der Waals surface area contributed by atoms with Crippen LogP contribution in [0.1, 0.15) is 25.8 Å². The van der Waals surface area contributed by atoms with Crippen molar-refractivity contribution in [3.63, 3.8) is 0 Å². The molecular formula is C20H19BrF3N5. The molecule has 0 saturated carbocycles. The first kappa shape index (κ1) is 21.0. The average Bonchev–Trinajstić information content (AvgIpc) is 2.69. The van der Waals surface area contributed by atoms with E-state index in [-0.39, 0.29) is 10.5 Å². The minimum absolute atomic E-state index is 0.157. The largest absolute Gasteiger partial charge is 0.416 e. The number of rotatable bonds is 6. The van der Waals surface area contributed by atoms with Crippen molar-refractivity contribution in [2.75, 3.05) is 10.6 Å². The first-order valence-electron chi connectivity index (χ1n) is 8.96. The van der Waals surface area contributed by atoms with Gasteiger partial charge in [-0.15, -0.1) is 0 Å². The Bertz CT molecular complexity index is 980. The molecule has 9 heteroatoms. The number of hydrogen-bond donors (Lipinski definition) is 2. The normalized spacial score (nSPS) is 12.5. The maximum atomic E-state index is 12.9. The molecule has 0 spiro atoms. The molecule has 1 aromatic carbocycles. The average molecular weight is 466 g/mol. The van der Waals surface area contributed by atoms with E-state index >= 15 is 0 Å². The Hall–Kier alpha value is -2.68. The Balaban J connectivity index is 1.97. The highest BCUT2D eigenvalue weighted by atomic mass is 79.9. The van der Waals surface area contributed by atoms with Crippen molar-refractivity contribution in [2.24, 2.45) is 0 Å². The third-order valence-corrected chi connectivity index (χ3v) is 4.89. The molecule has 0 amide bonds. The molecular weight excluding hydrogens is 447 g/mol. The lowest BCUT2D eigenvalue weighted by atomic mass is 10.2. The smallest absolute Gasteiger partial charge is 0.352 e. The van der Waals surface area contributed by atoms with Crippen molar-refractivity contribution >= 4 is 33.4 Å². The highest BCUT2D eigenvalue weighted by Crippen LogP contribution is 2.35. The Labute approximate surface area is 174 Å². The van der Waals surface area contributed by atoms with Gasteiger partial charge in [0.1, 0.15) is 5.82 Å². The van der Waals surface area contributed by atoms with Crippen LogP contribution in [0, 0.1) is 0 Å². The van der Waals surface area contributed by atoms with Gasteiger partial charge in [0.25, 0.3) is 0 Å². The van der Waals surface area contributed by atoms with Crippen LogP contribution in [-0.4, -0.2) is 21.0 Å². The zero-order chi connectivity index (χ0) is 21.0. The molecule has 2 N–H and O–H groups in total. The maximum absolute atomic E-state index is 12.9. The van der Waals surface area contributed by atoms with E-state index in [4.69, 9.17) is 0 Å². The van der Waals surface area contributed by atoms with Gasteiger partial charge in [0.05, 0.1) is 16.9 Å². The molecule has 3 aromatic rings. The summed E-state index contributed by atoms with van der Waals surface area (Å²) in [5, 5.41) is 6.30. The lowest BCUT2D eigenvalue weighted by Gasteiger charge is -2.15. The number of anilines is 3. The van der Waals surface area contributed by atoms with Crippen LogP contribution in [0.4, 0.5) is 30.6 Å². The van der Waals surface area contributed by atoms with Crippen molar-refractivity contribution in [2.45, 2.75) is 32.5 Å². The molecule has 0 aliphatic rings. The van der Waals surface area contributed by atoms with Gasteiger partial charge in [0, 0.05) is 34.5 Å². The fourth-order valence-corrected chi connectivity index (χ4v) is 2.97. The van der Waals surface area contributed by atoms with Gasteiger partial charge >= 0.3 is 6.18 Å². The van der Waals surface area contributed by atoms with Crippen LogP contribution in [0.5, 0.6) is 0 Å². The summed E-state index contributed by atoms with van der Waals surface area (Å²) in [5.74, 6) is 0.872. The number of hydrogen-bond acceptors (Lipinski definition) is 5. The second-order valence-electron chi connectivity index (χ2n) is 6.47. The van der Waals surface area contributed by atoms with E-state index in [2.05, 4.69) is 41.5 Å². The van der Waals surface area contributed by atoms with Crippen LogP contribution in [0.2, 0.25) is 0 Å². The molecule has 0 bridgehead atoms. The van der Waals surface area contributed by atoms with Crippen LogP contribution in [0.3, 0.4) is 0 Å². The first-order chi connectivity index (χ1) is 13.8. The number of nitrogens with one attached hydrogen (secondary N) is 2. The topological polar surface area (TPSA) is 62.7 Å². The summed E-state index contributed by atoms with van der Waals surface area (Å²) in [6, 6.07) is 8.98. The summed E-state index contributed by atoms with van der Waals surface area (Å²) in [6.45, 7) is 4.06. The molecule has 29 heavy (non-hydrogen) atoms. The van der Waals surface area contributed by atoms with Gasteiger partial charge in [0.2, 0.25) is 5.95 Å². The summed E-state index contributed by atoms with van der Waals surface area (Å²) in [6.07, 6.45) is -0.167. The predicted octanol–water partition coefficient (Wildman–Crippen LogP) is 6.27. The molecule has 5 nitrogen and oxygen atoms in total. The fourth-order valence-electron chi connectivity index (χ4n) is 2.49. The van der Waals surface area contributed by atoms with Crippen molar-refractivity contribution in [3.05, 3.63) is 58.8 Å². The van der Waals surface area contributed by atoms with Crippen molar-refractivity contribution in [1.29, 1.82) is 0 Å². The van der Waals surface area contributed by atoms with Crippen LogP contribution in [0.25, 0.3) is 11.3 Å². The van der Waals surface area contributed by atoms with Crippen LogP contribution in [0.15, 0.2) is 53.3 Å². The predicted molar refractivity (Wildman–Crippen MR) is 111 cm³/mol. The number of halogens is 4. The summed E-state index contributed by atoms with van der Waals surface area (Å²) < 4.78 is 39.0. The summed E-state index contributed by atoms with van der Waals surface area (Å²) in [4.78, 5) is 13.1. The Morgan fingerprint density at radius 2 is 1.93 bits per heavy atom.